The molecule has 0 bridgehead atoms. The predicted octanol–water partition coefficient (Wildman–Crippen LogP) is 10.6. The number of methoxy groups -OCH3 is 1. The number of benzene rings is 1. The Morgan fingerprint density at radius 3 is 1.27 bits per heavy atom. The average molecular weight is 795 g/mol. The van der Waals surface area contributed by atoms with Gasteiger partial charge in [-0.05, 0) is 91.7 Å². The topological polar surface area (TPSA) is 194 Å². The van der Waals surface area contributed by atoms with Crippen LogP contribution in [0.15, 0.2) is 36.9 Å². The second kappa shape index (κ2) is 40.7. The van der Waals surface area contributed by atoms with E-state index in [1.165, 1.54) is 7.11 Å². The summed E-state index contributed by atoms with van der Waals surface area (Å²) in [6, 6.07) is 7.40. The molecule has 0 unspecified atom stereocenters. The second-order valence-corrected chi connectivity index (χ2v) is 11.5. The summed E-state index contributed by atoms with van der Waals surface area (Å²) in [6.45, 7) is 30.1. The van der Waals surface area contributed by atoms with Crippen LogP contribution in [0.2, 0.25) is 0 Å². The highest BCUT2D eigenvalue weighted by Gasteiger charge is 2.29. The standard InChI is InChI=1S/C29H47N3O8.C3H7NO2.C3H6.3C2H6.4H2/c1-7-38-25(34)30-19-12-9-13-21-32-27(36)40-29(4,5)23-17-15-22(16-18-23)28(2,3)39-26(35)31-20-11-8-10-14-24(33)37-6;1-2-6-3(4)5;1-3-2;3*1-2;;;;/h15-18H,7-14,19-21H2,1-6H3,(H,30,34)(H,31,35)(H,32,36);2H2,1H3,(H2,4,5);3H,1H2,2H3;3*1-2H3;4*1H. The van der Waals surface area contributed by atoms with Crippen LogP contribution < -0.4 is 21.7 Å². The lowest BCUT2D eigenvalue weighted by Gasteiger charge is -2.28. The Morgan fingerprint density at radius 2 is 0.982 bits per heavy atom. The van der Waals surface area contributed by atoms with E-state index in [4.69, 9.17) is 14.2 Å². The zero-order valence-corrected chi connectivity index (χ0v) is 36.7. The van der Waals surface area contributed by atoms with Crippen LogP contribution in [0.3, 0.4) is 0 Å². The number of alkyl carbamates (subject to hydrolysis) is 3. The van der Waals surface area contributed by atoms with Crippen molar-refractivity contribution < 1.29 is 53.4 Å². The molecule has 14 heteroatoms. The van der Waals surface area contributed by atoms with E-state index >= 15 is 0 Å². The van der Waals surface area contributed by atoms with Crippen molar-refractivity contribution in [1.29, 1.82) is 0 Å². The summed E-state index contributed by atoms with van der Waals surface area (Å²) in [5.74, 6) is -0.233. The molecule has 0 heterocycles. The van der Waals surface area contributed by atoms with Gasteiger partial charge in [0.05, 0.1) is 20.3 Å². The number of allylic oxidation sites excluding steroid dienone is 1. The summed E-state index contributed by atoms with van der Waals surface area (Å²) in [6.07, 6.45) is 4.59. The molecule has 0 aromatic heterocycles. The SMILES string of the molecule is C=CC.CC.CC.CC.CCOC(=O)NCCCCCNC(=O)OC(C)(C)c1ccc(C(C)(C)OC(=O)NCCCCCC(=O)OC)cc1.CCOC(N)=O.[HH].[HH].[HH].[HH]. The molecule has 4 amide bonds. The fourth-order valence-corrected chi connectivity index (χ4v) is 3.92. The van der Waals surface area contributed by atoms with Crippen molar-refractivity contribution in [3.8, 4) is 0 Å². The number of rotatable bonds is 18. The molecular formula is C41H86N4O10. The fourth-order valence-electron chi connectivity index (χ4n) is 3.92. The third kappa shape index (κ3) is 37.6. The number of nitrogens with one attached hydrogen (secondary N) is 3. The summed E-state index contributed by atoms with van der Waals surface area (Å²) >= 11 is 0. The molecule has 0 radical (unpaired) electrons. The first kappa shape index (κ1) is 59.8. The molecule has 0 aliphatic carbocycles. The Hall–Kier alpha value is -4.49. The smallest absolute Gasteiger partial charge is 0.408 e. The van der Waals surface area contributed by atoms with Gasteiger partial charge in [-0.25, -0.2) is 19.2 Å². The van der Waals surface area contributed by atoms with E-state index < -0.39 is 35.6 Å². The van der Waals surface area contributed by atoms with Gasteiger partial charge in [-0.15, -0.1) is 6.58 Å². The summed E-state index contributed by atoms with van der Waals surface area (Å²) in [7, 11) is 1.37. The molecule has 1 rings (SSSR count). The van der Waals surface area contributed by atoms with Gasteiger partial charge in [-0.1, -0.05) is 78.3 Å². The number of ether oxygens (including phenoxy) is 5. The van der Waals surface area contributed by atoms with Gasteiger partial charge in [-0.3, -0.25) is 4.79 Å². The number of amides is 4. The van der Waals surface area contributed by atoms with Crippen LogP contribution >= 0.6 is 0 Å². The number of unbranched alkanes of at least 4 members (excludes halogenated alkanes) is 4. The number of hydrogen-bond acceptors (Lipinski definition) is 10. The van der Waals surface area contributed by atoms with Crippen molar-refractivity contribution in [2.75, 3.05) is 40.0 Å². The van der Waals surface area contributed by atoms with E-state index in [0.717, 1.165) is 43.2 Å². The first-order valence-corrected chi connectivity index (χ1v) is 19.6. The lowest BCUT2D eigenvalue weighted by atomic mass is 9.92. The van der Waals surface area contributed by atoms with Gasteiger partial charge in [0.2, 0.25) is 0 Å². The summed E-state index contributed by atoms with van der Waals surface area (Å²) in [5, 5.41) is 8.17. The van der Waals surface area contributed by atoms with Crippen LogP contribution in [0.4, 0.5) is 19.2 Å². The highest BCUT2D eigenvalue weighted by Crippen LogP contribution is 2.29. The van der Waals surface area contributed by atoms with E-state index in [9.17, 15) is 24.0 Å². The number of esters is 1. The van der Waals surface area contributed by atoms with Gasteiger partial charge in [0.15, 0.2) is 0 Å². The molecule has 55 heavy (non-hydrogen) atoms. The Kier molecular flexibility index (Phi) is 44.2. The Morgan fingerprint density at radius 1 is 0.655 bits per heavy atom. The number of primary amides is 1. The van der Waals surface area contributed by atoms with Crippen LogP contribution in [0.1, 0.15) is 152 Å². The van der Waals surface area contributed by atoms with Crippen LogP contribution in [0.5, 0.6) is 0 Å². The maximum atomic E-state index is 12.3. The van der Waals surface area contributed by atoms with Crippen molar-refractivity contribution in [3.05, 3.63) is 48.0 Å². The van der Waals surface area contributed by atoms with Gasteiger partial charge < -0.3 is 45.4 Å². The first-order chi connectivity index (χ1) is 26.1. The Balaban J connectivity index is -0.000000163. The summed E-state index contributed by atoms with van der Waals surface area (Å²) in [5.41, 5.74) is 4.38. The van der Waals surface area contributed by atoms with E-state index in [1.54, 1.807) is 33.8 Å². The summed E-state index contributed by atoms with van der Waals surface area (Å²) in [4.78, 5) is 56.6. The maximum Gasteiger partial charge on any atom is 0.408 e. The highest BCUT2D eigenvalue weighted by atomic mass is 16.6. The number of nitrogens with two attached hydrogens (primary N) is 1. The van der Waals surface area contributed by atoms with Crippen molar-refractivity contribution in [2.45, 2.75) is 146 Å². The third-order valence-electron chi connectivity index (χ3n) is 6.48. The number of hydrogen-bond donors (Lipinski definition) is 4. The van der Waals surface area contributed by atoms with E-state index in [-0.39, 0.29) is 11.7 Å². The van der Waals surface area contributed by atoms with Crippen LogP contribution in [-0.4, -0.2) is 70.3 Å². The van der Waals surface area contributed by atoms with Crippen molar-refractivity contribution in [1.82, 2.24) is 16.0 Å². The fraction of sp³-hybridized carbons (Fsp3) is 0.683. The second-order valence-electron chi connectivity index (χ2n) is 11.5. The third-order valence-corrected chi connectivity index (χ3v) is 6.48. The molecule has 0 saturated heterocycles. The molecule has 0 fully saturated rings. The lowest BCUT2D eigenvalue weighted by Crippen LogP contribution is -2.34. The molecule has 330 valence electrons. The monoisotopic (exact) mass is 795 g/mol. The molecule has 0 atom stereocenters. The normalized spacial score (nSPS) is 9.56. The molecule has 5 N–H and O–H groups in total. The van der Waals surface area contributed by atoms with Crippen molar-refractivity contribution >= 4 is 30.3 Å². The van der Waals surface area contributed by atoms with Crippen LogP contribution in [0.25, 0.3) is 0 Å². The van der Waals surface area contributed by atoms with Gasteiger partial charge in [0.25, 0.3) is 0 Å². The quantitative estimate of drug-likeness (QED) is 0.0481. The average Bonchev–Trinajstić information content (AvgIpc) is 3.15. The predicted molar refractivity (Wildman–Crippen MR) is 230 cm³/mol. The molecule has 0 spiro atoms. The minimum Gasteiger partial charge on any atom is -0.469 e. The zero-order chi connectivity index (χ0) is 43.7. The van der Waals surface area contributed by atoms with Crippen LogP contribution in [-0.2, 0) is 39.7 Å². The largest absolute Gasteiger partial charge is 0.469 e. The van der Waals surface area contributed by atoms with Crippen molar-refractivity contribution in [3.63, 3.8) is 0 Å². The minimum atomic E-state index is -0.873. The number of carbonyl (C=O) groups is 5. The minimum absolute atomic E-state index is 0. The van der Waals surface area contributed by atoms with Gasteiger partial charge in [-0.2, -0.15) is 0 Å². The Bertz CT molecular complexity index is 1130. The van der Waals surface area contributed by atoms with Gasteiger partial charge >= 0.3 is 30.3 Å². The highest BCUT2D eigenvalue weighted by molar-refractivity contribution is 5.69. The Labute approximate surface area is 339 Å². The first-order valence-electron chi connectivity index (χ1n) is 19.6. The van der Waals surface area contributed by atoms with Crippen molar-refractivity contribution in [2.24, 2.45) is 5.73 Å². The maximum absolute atomic E-state index is 12.3. The molecular weight excluding hydrogens is 708 g/mol. The molecule has 0 saturated carbocycles. The molecule has 14 nitrogen and oxygen atoms in total. The van der Waals surface area contributed by atoms with Gasteiger partial charge in [0.1, 0.15) is 11.2 Å². The van der Waals surface area contributed by atoms with E-state index in [1.807, 2.05) is 86.6 Å². The molecule has 1 aromatic rings. The zero-order valence-electron chi connectivity index (χ0n) is 36.7. The van der Waals surface area contributed by atoms with E-state index in [2.05, 4.69) is 37.7 Å². The lowest BCUT2D eigenvalue weighted by molar-refractivity contribution is -0.140. The van der Waals surface area contributed by atoms with Crippen LogP contribution in [0, 0.1) is 0 Å². The molecule has 0 aliphatic rings. The summed E-state index contributed by atoms with van der Waals surface area (Å²) < 4.78 is 24.9. The molecule has 0 aliphatic heterocycles. The van der Waals surface area contributed by atoms with Gasteiger partial charge in [0, 0.05) is 31.8 Å². The number of carbonyl (C=O) groups excluding carboxylic acids is 5. The van der Waals surface area contributed by atoms with E-state index in [0.29, 0.717) is 45.7 Å². The molecule has 1 aromatic carbocycles.